The average molecular weight is 212 g/mol. The van der Waals surface area contributed by atoms with E-state index in [0.29, 0.717) is 11.3 Å². The molecule has 0 aliphatic heterocycles. The number of aryl methyl sites for hydroxylation is 1. The van der Waals surface area contributed by atoms with Gasteiger partial charge < -0.3 is 10.5 Å². The van der Waals surface area contributed by atoms with E-state index in [2.05, 4.69) is 6.07 Å². The second-order valence-corrected chi connectivity index (χ2v) is 3.65. The molecule has 0 aromatic heterocycles. The first-order valence-electron chi connectivity index (χ1n) is 4.95. The van der Waals surface area contributed by atoms with Crippen LogP contribution in [0.5, 0.6) is 5.75 Å². The van der Waals surface area contributed by atoms with Gasteiger partial charge in [0, 0.05) is 10.8 Å². The highest BCUT2D eigenvalue weighted by molar-refractivity contribution is 5.99. The number of hydrogen-bond donors (Lipinski definition) is 1. The third-order valence-corrected chi connectivity index (χ3v) is 2.71. The van der Waals surface area contributed by atoms with E-state index >= 15 is 0 Å². The molecule has 3 nitrogen and oxygen atoms in total. The number of benzene rings is 2. The molecular weight excluding hydrogens is 200 g/mol. The summed E-state index contributed by atoms with van der Waals surface area (Å²) in [5, 5.41) is 10.8. The Morgan fingerprint density at radius 3 is 2.69 bits per heavy atom. The monoisotopic (exact) mass is 212 g/mol. The summed E-state index contributed by atoms with van der Waals surface area (Å²) in [6.45, 7) is 1.88. The summed E-state index contributed by atoms with van der Waals surface area (Å²) in [4.78, 5) is 0. The Labute approximate surface area is 94.1 Å². The number of nitrogen functional groups attached to an aromatic ring is 1. The molecule has 0 saturated heterocycles. The lowest BCUT2D eigenvalue weighted by atomic mass is 9.99. The molecule has 0 amide bonds. The first-order chi connectivity index (χ1) is 7.69. The molecule has 0 saturated carbocycles. The smallest absolute Gasteiger partial charge is 0.126 e. The van der Waals surface area contributed by atoms with Crippen LogP contribution in [0.4, 0.5) is 5.69 Å². The predicted molar refractivity (Wildman–Crippen MR) is 64.4 cm³/mol. The summed E-state index contributed by atoms with van der Waals surface area (Å²) in [6, 6.07) is 9.71. The second kappa shape index (κ2) is 3.74. The van der Waals surface area contributed by atoms with Crippen LogP contribution >= 0.6 is 0 Å². The molecule has 0 bridgehead atoms. The largest absolute Gasteiger partial charge is 0.496 e. The number of anilines is 1. The van der Waals surface area contributed by atoms with E-state index in [1.165, 1.54) is 0 Å². The fourth-order valence-corrected chi connectivity index (χ4v) is 1.89. The Morgan fingerprint density at radius 1 is 1.31 bits per heavy atom. The zero-order valence-corrected chi connectivity index (χ0v) is 9.24. The average Bonchev–Trinajstić information content (AvgIpc) is 2.29. The number of ether oxygens (including phenoxy) is 1. The Kier molecular flexibility index (Phi) is 2.41. The van der Waals surface area contributed by atoms with Gasteiger partial charge in [-0.1, -0.05) is 12.1 Å². The number of nitriles is 1. The van der Waals surface area contributed by atoms with Crippen LogP contribution in [0.3, 0.4) is 0 Å². The van der Waals surface area contributed by atoms with Crippen LogP contribution in [0.1, 0.15) is 11.1 Å². The number of hydrogen-bond acceptors (Lipinski definition) is 3. The van der Waals surface area contributed by atoms with Crippen molar-refractivity contribution in [1.29, 1.82) is 5.26 Å². The molecule has 80 valence electrons. The maximum atomic E-state index is 9.02. The molecule has 0 fully saturated rings. The van der Waals surface area contributed by atoms with Crippen LogP contribution in [0.2, 0.25) is 0 Å². The van der Waals surface area contributed by atoms with Gasteiger partial charge in [-0.3, -0.25) is 0 Å². The first-order valence-corrected chi connectivity index (χ1v) is 4.95. The van der Waals surface area contributed by atoms with Gasteiger partial charge >= 0.3 is 0 Å². The molecule has 16 heavy (non-hydrogen) atoms. The van der Waals surface area contributed by atoms with Gasteiger partial charge in [-0.25, -0.2) is 0 Å². The van der Waals surface area contributed by atoms with Crippen molar-refractivity contribution in [1.82, 2.24) is 0 Å². The molecule has 0 atom stereocenters. The fourth-order valence-electron chi connectivity index (χ4n) is 1.89. The van der Waals surface area contributed by atoms with E-state index in [-0.39, 0.29) is 0 Å². The molecule has 2 rings (SSSR count). The highest BCUT2D eigenvalue weighted by atomic mass is 16.5. The minimum Gasteiger partial charge on any atom is -0.496 e. The first kappa shape index (κ1) is 10.3. The number of fused-ring (bicyclic) bond motifs is 1. The van der Waals surface area contributed by atoms with Crippen molar-refractivity contribution in [2.75, 3.05) is 12.8 Å². The van der Waals surface area contributed by atoms with Crippen LogP contribution in [-0.4, -0.2) is 7.11 Å². The Bertz CT molecular complexity index is 597. The SMILES string of the molecule is COc1cccc2c(N)c(C#N)c(C)cc12. The molecule has 0 spiro atoms. The van der Waals surface area contributed by atoms with E-state index in [0.717, 1.165) is 22.1 Å². The Morgan fingerprint density at radius 2 is 2.06 bits per heavy atom. The van der Waals surface area contributed by atoms with Crippen molar-refractivity contribution in [3.8, 4) is 11.8 Å². The zero-order chi connectivity index (χ0) is 11.7. The van der Waals surface area contributed by atoms with Gasteiger partial charge in [-0.15, -0.1) is 0 Å². The molecule has 0 radical (unpaired) electrons. The standard InChI is InChI=1S/C13H12N2O/c1-8-6-10-9(13(15)11(8)7-14)4-3-5-12(10)16-2/h3-6H,15H2,1-2H3. The lowest BCUT2D eigenvalue weighted by Gasteiger charge is -2.10. The summed E-state index contributed by atoms with van der Waals surface area (Å²) >= 11 is 0. The Hall–Kier alpha value is -2.21. The van der Waals surface area contributed by atoms with Gasteiger partial charge in [0.1, 0.15) is 11.8 Å². The lowest BCUT2D eigenvalue weighted by molar-refractivity contribution is 0.420. The molecule has 2 N–H and O–H groups in total. The van der Waals surface area contributed by atoms with Gasteiger partial charge in [0.2, 0.25) is 0 Å². The van der Waals surface area contributed by atoms with Crippen LogP contribution < -0.4 is 10.5 Å². The van der Waals surface area contributed by atoms with E-state index < -0.39 is 0 Å². The quantitative estimate of drug-likeness (QED) is 0.739. The Balaban J connectivity index is 2.93. The van der Waals surface area contributed by atoms with Crippen molar-refractivity contribution >= 4 is 16.5 Å². The highest BCUT2D eigenvalue weighted by Crippen LogP contribution is 2.33. The highest BCUT2D eigenvalue weighted by Gasteiger charge is 2.10. The molecule has 0 aliphatic carbocycles. The van der Waals surface area contributed by atoms with Crippen LogP contribution in [0.15, 0.2) is 24.3 Å². The molecule has 0 aliphatic rings. The van der Waals surface area contributed by atoms with Gasteiger partial charge in [0.25, 0.3) is 0 Å². The lowest BCUT2D eigenvalue weighted by Crippen LogP contribution is -1.96. The van der Waals surface area contributed by atoms with E-state index in [1.807, 2.05) is 31.2 Å². The summed E-state index contributed by atoms with van der Waals surface area (Å²) in [5.41, 5.74) is 7.91. The van der Waals surface area contributed by atoms with Gasteiger partial charge in [0.15, 0.2) is 0 Å². The maximum Gasteiger partial charge on any atom is 0.126 e. The van der Waals surface area contributed by atoms with Crippen molar-refractivity contribution < 1.29 is 4.74 Å². The van der Waals surface area contributed by atoms with Crippen molar-refractivity contribution in [2.45, 2.75) is 6.92 Å². The predicted octanol–water partition coefficient (Wildman–Crippen LogP) is 2.61. The number of nitrogens with zero attached hydrogens (tertiary/aromatic N) is 1. The van der Waals surface area contributed by atoms with E-state index in [4.69, 9.17) is 15.7 Å². The normalized spacial score (nSPS) is 10.1. The van der Waals surface area contributed by atoms with Gasteiger partial charge in [0.05, 0.1) is 18.4 Å². The molecule has 3 heteroatoms. The molecular formula is C13H12N2O. The van der Waals surface area contributed by atoms with Crippen molar-refractivity contribution in [2.24, 2.45) is 0 Å². The minimum atomic E-state index is 0.524. The van der Waals surface area contributed by atoms with Crippen LogP contribution in [0, 0.1) is 18.3 Å². The number of rotatable bonds is 1. The summed E-state index contributed by atoms with van der Waals surface area (Å²) in [6.07, 6.45) is 0. The van der Waals surface area contributed by atoms with Crippen LogP contribution in [-0.2, 0) is 0 Å². The third-order valence-electron chi connectivity index (χ3n) is 2.71. The summed E-state index contributed by atoms with van der Waals surface area (Å²) in [5.74, 6) is 0.775. The summed E-state index contributed by atoms with van der Waals surface area (Å²) < 4.78 is 5.27. The van der Waals surface area contributed by atoms with Gasteiger partial charge in [-0.05, 0) is 24.6 Å². The fraction of sp³-hybridized carbons (Fsp3) is 0.154. The van der Waals surface area contributed by atoms with Gasteiger partial charge in [-0.2, -0.15) is 5.26 Å². The third kappa shape index (κ3) is 1.36. The maximum absolute atomic E-state index is 9.02. The number of nitrogens with two attached hydrogens (primary N) is 1. The minimum absolute atomic E-state index is 0.524. The number of methoxy groups -OCH3 is 1. The second-order valence-electron chi connectivity index (χ2n) is 3.65. The van der Waals surface area contributed by atoms with Crippen LogP contribution in [0.25, 0.3) is 10.8 Å². The van der Waals surface area contributed by atoms with Crippen molar-refractivity contribution in [3.05, 3.63) is 35.4 Å². The zero-order valence-electron chi connectivity index (χ0n) is 9.24. The molecule has 0 unspecified atom stereocenters. The van der Waals surface area contributed by atoms with E-state index in [9.17, 15) is 0 Å². The summed E-state index contributed by atoms with van der Waals surface area (Å²) in [7, 11) is 1.62. The molecule has 2 aromatic carbocycles. The van der Waals surface area contributed by atoms with E-state index in [1.54, 1.807) is 7.11 Å². The molecule has 0 heterocycles. The molecule has 2 aromatic rings. The van der Waals surface area contributed by atoms with Crippen molar-refractivity contribution in [3.63, 3.8) is 0 Å². The topological polar surface area (TPSA) is 59.0 Å².